The third-order valence-corrected chi connectivity index (χ3v) is 7.68. The van der Waals surface area contributed by atoms with Gasteiger partial charge in [0.15, 0.2) is 16.6 Å². The molecule has 0 aliphatic carbocycles. The molecule has 11 heteroatoms. The van der Waals surface area contributed by atoms with Crippen molar-refractivity contribution >= 4 is 40.5 Å². The molecule has 2 aromatic rings. The lowest BCUT2D eigenvalue weighted by Crippen LogP contribution is -2.53. The van der Waals surface area contributed by atoms with Crippen molar-refractivity contribution in [2.45, 2.75) is 25.8 Å². The molecule has 2 fully saturated rings. The maximum atomic E-state index is 8.96. The minimum Gasteiger partial charge on any atom is -0.493 e. The second kappa shape index (κ2) is 13.8. The molecule has 0 saturated carbocycles. The Kier molecular flexibility index (Phi) is 10.3. The van der Waals surface area contributed by atoms with Gasteiger partial charge in [-0.25, -0.2) is 4.98 Å². The molecule has 2 aliphatic heterocycles. The van der Waals surface area contributed by atoms with Crippen LogP contribution in [0.3, 0.4) is 0 Å². The predicted molar refractivity (Wildman–Crippen MR) is 157 cm³/mol. The third-order valence-electron chi connectivity index (χ3n) is 7.06. The van der Waals surface area contributed by atoms with Crippen molar-refractivity contribution in [2.75, 3.05) is 71.9 Å². The van der Waals surface area contributed by atoms with Crippen LogP contribution in [0.1, 0.15) is 30.4 Å². The van der Waals surface area contributed by atoms with Crippen LogP contribution in [0.2, 0.25) is 5.15 Å². The molecule has 38 heavy (non-hydrogen) atoms. The van der Waals surface area contributed by atoms with E-state index in [1.807, 2.05) is 25.2 Å². The van der Waals surface area contributed by atoms with Crippen molar-refractivity contribution in [3.8, 4) is 11.5 Å². The zero-order chi connectivity index (χ0) is 26.9. The maximum absolute atomic E-state index is 8.96. The van der Waals surface area contributed by atoms with Gasteiger partial charge in [-0.05, 0) is 55.8 Å². The van der Waals surface area contributed by atoms with Crippen LogP contribution in [0, 0.1) is 5.41 Å². The van der Waals surface area contributed by atoms with E-state index in [-0.39, 0.29) is 0 Å². The number of nitrogens with one attached hydrogen (secondary N) is 3. The third kappa shape index (κ3) is 7.39. The van der Waals surface area contributed by atoms with Crippen LogP contribution in [-0.4, -0.2) is 97.2 Å². The lowest BCUT2D eigenvalue weighted by molar-refractivity contribution is 0.180. The number of hydrogen-bond acceptors (Lipinski definition) is 7. The first-order valence-corrected chi connectivity index (χ1v) is 14.0. The van der Waals surface area contributed by atoms with Gasteiger partial charge in [0.1, 0.15) is 17.6 Å². The van der Waals surface area contributed by atoms with E-state index in [1.54, 1.807) is 19.4 Å². The van der Waals surface area contributed by atoms with Gasteiger partial charge in [-0.3, -0.25) is 10.3 Å². The van der Waals surface area contributed by atoms with E-state index in [0.29, 0.717) is 53.8 Å². The Morgan fingerprint density at radius 3 is 2.45 bits per heavy atom. The molecule has 3 N–H and O–H groups in total. The number of rotatable bonds is 9. The molecule has 9 nitrogen and oxygen atoms in total. The van der Waals surface area contributed by atoms with Crippen LogP contribution in [0.15, 0.2) is 30.5 Å². The van der Waals surface area contributed by atoms with Crippen molar-refractivity contribution in [3.63, 3.8) is 0 Å². The highest BCUT2D eigenvalue weighted by atomic mass is 35.5. The molecule has 1 aromatic carbocycles. The van der Waals surface area contributed by atoms with Gasteiger partial charge in [-0.1, -0.05) is 24.1 Å². The van der Waals surface area contributed by atoms with Gasteiger partial charge in [0.2, 0.25) is 0 Å². The largest absolute Gasteiger partial charge is 0.493 e. The summed E-state index contributed by atoms with van der Waals surface area (Å²) in [6.07, 6.45) is 5.60. The van der Waals surface area contributed by atoms with E-state index in [0.717, 1.165) is 49.5 Å². The lowest BCUT2D eigenvalue weighted by atomic mass is 10.1. The van der Waals surface area contributed by atoms with Crippen molar-refractivity contribution in [1.29, 1.82) is 5.41 Å². The minimum atomic E-state index is 0.457. The van der Waals surface area contributed by atoms with Crippen molar-refractivity contribution in [3.05, 3.63) is 46.7 Å². The van der Waals surface area contributed by atoms with Gasteiger partial charge >= 0.3 is 0 Å². The number of aromatic nitrogens is 1. The average Bonchev–Trinajstić information content (AvgIpc) is 2.96. The van der Waals surface area contributed by atoms with E-state index < -0.39 is 0 Å². The molecule has 0 radical (unpaired) electrons. The first kappa shape index (κ1) is 28.2. The zero-order valence-electron chi connectivity index (χ0n) is 22.3. The Balaban J connectivity index is 1.32. The van der Waals surface area contributed by atoms with Gasteiger partial charge < -0.3 is 29.9 Å². The Bertz CT molecular complexity index is 1090. The van der Waals surface area contributed by atoms with Gasteiger partial charge in [0, 0.05) is 69.8 Å². The molecule has 3 heterocycles. The number of piperidine rings is 1. The van der Waals surface area contributed by atoms with Crippen LogP contribution in [0.5, 0.6) is 11.5 Å². The predicted octanol–water partition coefficient (Wildman–Crippen LogP) is 3.67. The topological polar surface area (TPSA) is 89.0 Å². The van der Waals surface area contributed by atoms with E-state index in [4.69, 9.17) is 38.7 Å². The Morgan fingerprint density at radius 2 is 1.79 bits per heavy atom. The fourth-order valence-electron chi connectivity index (χ4n) is 4.81. The summed E-state index contributed by atoms with van der Waals surface area (Å²) in [4.78, 5) is 10.8. The second-order valence-corrected chi connectivity index (χ2v) is 10.3. The van der Waals surface area contributed by atoms with E-state index >= 15 is 0 Å². The van der Waals surface area contributed by atoms with E-state index in [9.17, 15) is 0 Å². The van der Waals surface area contributed by atoms with E-state index in [2.05, 4.69) is 30.3 Å². The summed E-state index contributed by atoms with van der Waals surface area (Å²) in [6.45, 7) is 7.27. The van der Waals surface area contributed by atoms with Crippen LogP contribution in [-0.2, 0) is 6.54 Å². The highest BCUT2D eigenvalue weighted by molar-refractivity contribution is 7.80. The normalized spacial score (nSPS) is 16.2. The Hall–Kier alpha value is -2.82. The first-order chi connectivity index (χ1) is 18.5. The fraction of sp³-hybridized carbons (Fsp3) is 0.519. The number of methoxy groups -OCH3 is 1. The van der Waals surface area contributed by atoms with Crippen molar-refractivity contribution < 1.29 is 9.47 Å². The maximum Gasteiger partial charge on any atom is 0.169 e. The highest BCUT2D eigenvalue weighted by Gasteiger charge is 2.24. The number of piperazine rings is 1. The lowest BCUT2D eigenvalue weighted by Gasteiger charge is -2.37. The SMILES string of the molecule is CNc1cc(OCCN2CCCCC2)c(OC)cc1C(=N)N1CCN(C(=S)NCc2ccc(Cl)nc2)CC1. The Labute approximate surface area is 235 Å². The number of benzene rings is 1. The molecule has 206 valence electrons. The summed E-state index contributed by atoms with van der Waals surface area (Å²) in [6, 6.07) is 7.56. The van der Waals surface area contributed by atoms with Crippen LogP contribution in [0.25, 0.3) is 0 Å². The van der Waals surface area contributed by atoms with E-state index in [1.165, 1.54) is 19.3 Å². The summed E-state index contributed by atoms with van der Waals surface area (Å²) < 4.78 is 11.8. The second-order valence-electron chi connectivity index (χ2n) is 9.52. The summed E-state index contributed by atoms with van der Waals surface area (Å²) in [5.41, 5.74) is 2.65. The quantitative estimate of drug-likeness (QED) is 0.184. The number of nitrogens with zero attached hydrogens (tertiary/aromatic N) is 4. The monoisotopic (exact) mass is 559 g/mol. The highest BCUT2D eigenvalue weighted by Crippen LogP contribution is 2.34. The summed E-state index contributed by atoms with van der Waals surface area (Å²) in [5.74, 6) is 1.80. The van der Waals surface area contributed by atoms with Gasteiger partial charge in [0.25, 0.3) is 0 Å². The average molecular weight is 560 g/mol. The molecule has 2 saturated heterocycles. The number of pyridine rings is 1. The van der Waals surface area contributed by atoms with Crippen molar-refractivity contribution in [2.24, 2.45) is 0 Å². The molecule has 0 unspecified atom stereocenters. The first-order valence-electron chi connectivity index (χ1n) is 13.2. The molecule has 0 atom stereocenters. The van der Waals surface area contributed by atoms with Crippen LogP contribution < -0.4 is 20.1 Å². The minimum absolute atomic E-state index is 0.457. The Morgan fingerprint density at radius 1 is 1.05 bits per heavy atom. The number of amidine groups is 1. The molecular weight excluding hydrogens is 522 g/mol. The zero-order valence-corrected chi connectivity index (χ0v) is 23.8. The molecule has 0 spiro atoms. The molecule has 4 rings (SSSR count). The number of halogens is 1. The number of ether oxygens (including phenoxy) is 2. The summed E-state index contributed by atoms with van der Waals surface area (Å²) in [7, 11) is 3.51. The molecule has 2 aliphatic rings. The number of thiocarbonyl (C=S) groups is 1. The molecule has 0 amide bonds. The smallest absolute Gasteiger partial charge is 0.169 e. The molecule has 1 aromatic heterocycles. The molecular formula is C27H38ClN7O2S. The van der Waals surface area contributed by atoms with Crippen molar-refractivity contribution in [1.82, 2.24) is 25.0 Å². The van der Waals surface area contributed by atoms with Crippen LogP contribution >= 0.6 is 23.8 Å². The fourth-order valence-corrected chi connectivity index (χ4v) is 5.17. The van der Waals surface area contributed by atoms with Gasteiger partial charge in [0.05, 0.1) is 7.11 Å². The molecule has 0 bridgehead atoms. The summed E-state index contributed by atoms with van der Waals surface area (Å²) in [5, 5.41) is 16.7. The summed E-state index contributed by atoms with van der Waals surface area (Å²) >= 11 is 11.5. The number of likely N-dealkylation sites (tertiary alicyclic amines) is 1. The van der Waals surface area contributed by atoms with Gasteiger partial charge in [-0.15, -0.1) is 0 Å². The number of hydrogen-bond donors (Lipinski definition) is 3. The standard InChI is InChI=1S/C27H38ClN7O2S/c1-30-22-17-24(37-15-14-33-8-4-3-5-9-33)23(36-2)16-21(22)26(29)34-10-12-35(13-11-34)27(38)32-19-20-6-7-25(28)31-18-20/h6-7,16-18,29-30H,3-5,8-15,19H2,1-2H3,(H,32,38). The van der Waals surface area contributed by atoms with Crippen LogP contribution in [0.4, 0.5) is 5.69 Å². The van der Waals surface area contributed by atoms with Gasteiger partial charge in [-0.2, -0.15) is 0 Å². The number of anilines is 1.